The van der Waals surface area contributed by atoms with Gasteiger partial charge >= 0.3 is 0 Å². The second kappa shape index (κ2) is 9.01. The Bertz CT molecular complexity index is 307. The van der Waals surface area contributed by atoms with Crippen molar-refractivity contribution in [3.05, 3.63) is 0 Å². The van der Waals surface area contributed by atoms with E-state index in [9.17, 15) is 4.79 Å². The smallest absolute Gasteiger partial charge is 0.230 e. The molecular weight excluding hydrogens is 282 g/mol. The number of likely N-dealkylation sites (N-methyl/N-ethyl adjacent to an activating group) is 1. The highest BCUT2D eigenvalue weighted by molar-refractivity contribution is 8.01. The Morgan fingerprint density at radius 1 is 1.29 bits per heavy atom. The van der Waals surface area contributed by atoms with Crippen LogP contribution in [0.25, 0.3) is 0 Å². The van der Waals surface area contributed by atoms with Gasteiger partial charge in [0.25, 0.3) is 0 Å². The van der Waals surface area contributed by atoms with Crippen molar-refractivity contribution in [1.29, 1.82) is 0 Å². The zero-order valence-corrected chi connectivity index (χ0v) is 15.3. The van der Waals surface area contributed by atoms with Crippen LogP contribution >= 0.6 is 11.8 Å². The van der Waals surface area contributed by atoms with Crippen LogP contribution in [-0.4, -0.2) is 73.0 Å². The maximum absolute atomic E-state index is 11.8. The van der Waals surface area contributed by atoms with Gasteiger partial charge in [-0.05, 0) is 45.9 Å². The molecule has 1 amide bonds. The van der Waals surface area contributed by atoms with Crippen molar-refractivity contribution >= 4 is 17.7 Å². The van der Waals surface area contributed by atoms with Crippen molar-refractivity contribution in [1.82, 2.24) is 15.1 Å². The molecule has 1 N–H and O–H groups in total. The molecule has 0 atom stereocenters. The standard InChI is InChI=1S/C16H33N3OS/c1-16(2,3)21-13-15(20)17-12-14-6-8-19(9-7-14)11-10-18(4)5/h14H,6-13H2,1-5H3,(H,17,20). The normalized spacial score (nSPS) is 18.2. The molecule has 1 aliphatic heterocycles. The van der Waals surface area contributed by atoms with Gasteiger partial charge in [0.1, 0.15) is 0 Å². The van der Waals surface area contributed by atoms with Gasteiger partial charge in [-0.3, -0.25) is 4.79 Å². The van der Waals surface area contributed by atoms with Crippen LogP contribution in [0.3, 0.4) is 0 Å². The second-order valence-corrected chi connectivity index (χ2v) is 9.10. The minimum Gasteiger partial charge on any atom is -0.355 e. The summed E-state index contributed by atoms with van der Waals surface area (Å²) in [6, 6.07) is 0. The van der Waals surface area contributed by atoms with Gasteiger partial charge in [0.05, 0.1) is 5.75 Å². The molecule has 5 heteroatoms. The third-order valence-electron chi connectivity index (χ3n) is 3.79. The molecule has 0 bridgehead atoms. The fraction of sp³-hybridized carbons (Fsp3) is 0.938. The minimum absolute atomic E-state index is 0.162. The largest absolute Gasteiger partial charge is 0.355 e. The van der Waals surface area contributed by atoms with Crippen molar-refractivity contribution in [2.24, 2.45) is 5.92 Å². The monoisotopic (exact) mass is 315 g/mol. The summed E-state index contributed by atoms with van der Waals surface area (Å²) in [7, 11) is 4.25. The fourth-order valence-corrected chi connectivity index (χ4v) is 3.01. The molecule has 0 spiro atoms. The van der Waals surface area contributed by atoms with E-state index < -0.39 is 0 Å². The van der Waals surface area contributed by atoms with Crippen LogP contribution in [0.2, 0.25) is 0 Å². The van der Waals surface area contributed by atoms with Crippen LogP contribution in [0, 0.1) is 5.92 Å². The Balaban J connectivity index is 2.11. The average molecular weight is 316 g/mol. The SMILES string of the molecule is CN(C)CCN1CCC(CNC(=O)CSC(C)(C)C)CC1. The molecule has 0 aromatic heterocycles. The molecule has 0 radical (unpaired) electrons. The molecule has 0 aromatic carbocycles. The van der Waals surface area contributed by atoms with Gasteiger partial charge in [0.2, 0.25) is 5.91 Å². The van der Waals surface area contributed by atoms with Crippen LogP contribution in [0.4, 0.5) is 0 Å². The predicted molar refractivity (Wildman–Crippen MR) is 92.9 cm³/mol. The molecular formula is C16H33N3OS. The number of carbonyl (C=O) groups is 1. The fourth-order valence-electron chi connectivity index (χ4n) is 2.35. The third-order valence-corrected chi connectivity index (χ3v) is 5.07. The van der Waals surface area contributed by atoms with Crippen LogP contribution in [0.1, 0.15) is 33.6 Å². The second-order valence-electron chi connectivity index (χ2n) is 7.29. The van der Waals surface area contributed by atoms with E-state index in [1.807, 2.05) is 0 Å². The first kappa shape index (κ1) is 18.8. The molecule has 1 fully saturated rings. The molecule has 0 saturated carbocycles. The molecule has 4 nitrogen and oxygen atoms in total. The minimum atomic E-state index is 0.162. The number of carbonyl (C=O) groups excluding carboxylic acids is 1. The lowest BCUT2D eigenvalue weighted by molar-refractivity contribution is -0.118. The Morgan fingerprint density at radius 2 is 1.90 bits per heavy atom. The lowest BCUT2D eigenvalue weighted by Gasteiger charge is -2.32. The van der Waals surface area contributed by atoms with Gasteiger partial charge in [0.15, 0.2) is 0 Å². The van der Waals surface area contributed by atoms with Crippen LogP contribution in [-0.2, 0) is 4.79 Å². The van der Waals surface area contributed by atoms with E-state index in [1.54, 1.807) is 11.8 Å². The predicted octanol–water partition coefficient (Wildman–Crippen LogP) is 1.91. The highest BCUT2D eigenvalue weighted by atomic mass is 32.2. The summed E-state index contributed by atoms with van der Waals surface area (Å²) in [4.78, 5) is 16.6. The van der Waals surface area contributed by atoms with E-state index in [0.717, 1.165) is 19.6 Å². The highest BCUT2D eigenvalue weighted by Gasteiger charge is 2.20. The van der Waals surface area contributed by atoms with Crippen molar-refractivity contribution in [2.75, 3.05) is 52.6 Å². The van der Waals surface area contributed by atoms with Gasteiger partial charge in [-0.1, -0.05) is 20.8 Å². The first-order chi connectivity index (χ1) is 9.76. The number of hydrogen-bond acceptors (Lipinski definition) is 4. The Labute approximate surface area is 135 Å². The summed E-state index contributed by atoms with van der Waals surface area (Å²) in [5.74, 6) is 1.42. The van der Waals surface area contributed by atoms with Crippen LogP contribution < -0.4 is 5.32 Å². The van der Waals surface area contributed by atoms with E-state index in [1.165, 1.54) is 25.9 Å². The lowest BCUT2D eigenvalue weighted by atomic mass is 9.97. The number of rotatable bonds is 7. The molecule has 1 aliphatic rings. The molecule has 21 heavy (non-hydrogen) atoms. The average Bonchev–Trinajstić information content (AvgIpc) is 2.41. The van der Waals surface area contributed by atoms with Gasteiger partial charge in [-0.25, -0.2) is 0 Å². The Kier molecular flexibility index (Phi) is 8.06. The van der Waals surface area contributed by atoms with Crippen molar-refractivity contribution < 1.29 is 4.79 Å². The zero-order chi connectivity index (χ0) is 15.9. The highest BCUT2D eigenvalue weighted by Crippen LogP contribution is 2.22. The van der Waals surface area contributed by atoms with E-state index in [-0.39, 0.29) is 10.7 Å². The number of thioether (sulfide) groups is 1. The molecule has 0 unspecified atom stereocenters. The summed E-state index contributed by atoms with van der Waals surface area (Å²) in [6.45, 7) is 11.9. The van der Waals surface area contributed by atoms with Crippen molar-refractivity contribution in [3.63, 3.8) is 0 Å². The number of likely N-dealkylation sites (tertiary alicyclic amines) is 1. The number of amides is 1. The molecule has 124 valence electrons. The van der Waals surface area contributed by atoms with Crippen LogP contribution in [0.5, 0.6) is 0 Å². The van der Waals surface area contributed by atoms with Gasteiger partial charge in [-0.15, -0.1) is 11.8 Å². The Hall–Kier alpha value is -0.260. The van der Waals surface area contributed by atoms with E-state index in [0.29, 0.717) is 11.7 Å². The zero-order valence-electron chi connectivity index (χ0n) is 14.4. The van der Waals surface area contributed by atoms with E-state index >= 15 is 0 Å². The first-order valence-corrected chi connectivity index (χ1v) is 9.02. The summed E-state index contributed by atoms with van der Waals surface area (Å²) >= 11 is 1.71. The van der Waals surface area contributed by atoms with E-state index in [4.69, 9.17) is 0 Å². The molecule has 0 aromatic rings. The number of nitrogens with one attached hydrogen (secondary N) is 1. The van der Waals surface area contributed by atoms with Gasteiger partial charge in [0, 0.05) is 24.4 Å². The molecule has 1 heterocycles. The maximum Gasteiger partial charge on any atom is 0.230 e. The summed E-state index contributed by atoms with van der Waals surface area (Å²) < 4.78 is 0.162. The molecule has 1 rings (SSSR count). The number of piperidine rings is 1. The molecule has 0 aliphatic carbocycles. The number of hydrogen-bond donors (Lipinski definition) is 1. The molecule has 1 saturated heterocycles. The third kappa shape index (κ3) is 9.38. The number of nitrogens with zero attached hydrogens (tertiary/aromatic N) is 2. The van der Waals surface area contributed by atoms with Gasteiger partial charge < -0.3 is 15.1 Å². The Morgan fingerprint density at radius 3 is 2.43 bits per heavy atom. The summed E-state index contributed by atoms with van der Waals surface area (Å²) in [5.41, 5.74) is 0. The quantitative estimate of drug-likeness (QED) is 0.778. The van der Waals surface area contributed by atoms with Crippen molar-refractivity contribution in [2.45, 2.75) is 38.4 Å². The lowest BCUT2D eigenvalue weighted by Crippen LogP contribution is -2.41. The van der Waals surface area contributed by atoms with Crippen molar-refractivity contribution in [3.8, 4) is 0 Å². The maximum atomic E-state index is 11.8. The summed E-state index contributed by atoms with van der Waals surface area (Å²) in [5, 5.41) is 3.10. The van der Waals surface area contributed by atoms with Crippen LogP contribution in [0.15, 0.2) is 0 Å². The first-order valence-electron chi connectivity index (χ1n) is 8.04. The van der Waals surface area contributed by atoms with Gasteiger partial charge in [-0.2, -0.15) is 0 Å². The topological polar surface area (TPSA) is 35.6 Å². The summed E-state index contributed by atoms with van der Waals surface area (Å²) in [6.07, 6.45) is 2.42. The van der Waals surface area contributed by atoms with E-state index in [2.05, 4.69) is 50.0 Å².